The van der Waals surface area contributed by atoms with E-state index >= 15 is 0 Å². The number of pyridine rings is 1. The maximum absolute atomic E-state index is 11.5. The van der Waals surface area contributed by atoms with Crippen LogP contribution >= 0.6 is 0 Å². The van der Waals surface area contributed by atoms with Gasteiger partial charge in [0.05, 0.1) is 6.54 Å². The summed E-state index contributed by atoms with van der Waals surface area (Å²) in [5.41, 5.74) is 2.21. The Hall–Kier alpha value is -1.75. The van der Waals surface area contributed by atoms with E-state index in [0.717, 1.165) is 12.2 Å². The summed E-state index contributed by atoms with van der Waals surface area (Å²) in [5, 5.41) is 2.39. The number of piperidine rings is 1. The molecule has 1 fully saturated rings. The van der Waals surface area contributed by atoms with Crippen molar-refractivity contribution in [2.45, 2.75) is 38.6 Å². The Balaban J connectivity index is 1.82. The average molecular weight is 289 g/mol. The third-order valence-corrected chi connectivity index (χ3v) is 3.78. The summed E-state index contributed by atoms with van der Waals surface area (Å²) >= 11 is 0. The first-order valence-corrected chi connectivity index (χ1v) is 7.63. The maximum Gasteiger partial charge on any atom is 0.207 e. The molecule has 0 aromatic carbocycles. The highest BCUT2D eigenvalue weighted by atomic mass is 16.1. The number of carbonyl (C=O) groups excluding carboxylic acids is 2. The van der Waals surface area contributed by atoms with E-state index in [1.54, 1.807) is 0 Å². The molecule has 2 heterocycles. The van der Waals surface area contributed by atoms with Gasteiger partial charge in [-0.1, -0.05) is 6.42 Å². The van der Waals surface area contributed by atoms with Gasteiger partial charge in [0.1, 0.15) is 0 Å². The Labute approximate surface area is 125 Å². The van der Waals surface area contributed by atoms with Crippen LogP contribution in [0.4, 0.5) is 0 Å². The van der Waals surface area contributed by atoms with E-state index in [1.165, 1.54) is 37.9 Å². The Morgan fingerprint density at radius 1 is 1.33 bits per heavy atom. The molecule has 0 atom stereocenters. The largest absolute Gasteiger partial charge is 0.352 e. The molecule has 0 unspecified atom stereocenters. The van der Waals surface area contributed by atoms with Gasteiger partial charge in [-0.3, -0.25) is 19.5 Å². The number of Topliss-reactive ketones (excluding diaryl/α,β-unsaturated/α-hetero) is 1. The Kier molecular flexibility index (Phi) is 6.34. The molecule has 1 amide bonds. The van der Waals surface area contributed by atoms with Crippen LogP contribution < -0.4 is 5.32 Å². The lowest BCUT2D eigenvalue weighted by molar-refractivity contribution is -0.120. The van der Waals surface area contributed by atoms with Crippen LogP contribution in [-0.4, -0.2) is 41.7 Å². The first kappa shape index (κ1) is 15.6. The second kappa shape index (κ2) is 8.52. The minimum atomic E-state index is 0.0327. The molecule has 1 aliphatic heterocycles. The predicted molar refractivity (Wildman–Crippen MR) is 80.8 cm³/mol. The molecular weight excluding hydrogens is 266 g/mol. The van der Waals surface area contributed by atoms with Crippen LogP contribution in [0.1, 0.15) is 36.9 Å². The summed E-state index contributed by atoms with van der Waals surface area (Å²) in [7, 11) is 0. The van der Waals surface area contributed by atoms with Gasteiger partial charge in [0.25, 0.3) is 0 Å². The van der Waals surface area contributed by atoms with E-state index in [-0.39, 0.29) is 12.3 Å². The SMILES string of the molecule is O=CNCC(=O)CCc1cc(CN2CCCCC2)ccn1. The van der Waals surface area contributed by atoms with E-state index in [1.807, 2.05) is 12.3 Å². The molecule has 2 rings (SSSR count). The predicted octanol–water partition coefficient (Wildman–Crippen LogP) is 1.32. The first-order valence-electron chi connectivity index (χ1n) is 7.63. The van der Waals surface area contributed by atoms with E-state index in [4.69, 9.17) is 0 Å². The summed E-state index contributed by atoms with van der Waals surface area (Å²) in [6.45, 7) is 3.42. The Bertz CT molecular complexity index is 470. The molecule has 5 heteroatoms. The molecule has 0 bridgehead atoms. The summed E-state index contributed by atoms with van der Waals surface area (Å²) in [4.78, 5) is 28.5. The molecule has 1 aromatic heterocycles. The van der Waals surface area contributed by atoms with Crippen molar-refractivity contribution in [3.63, 3.8) is 0 Å². The van der Waals surface area contributed by atoms with Crippen LogP contribution in [0.5, 0.6) is 0 Å². The minimum absolute atomic E-state index is 0.0327. The molecule has 0 saturated carbocycles. The fourth-order valence-electron chi connectivity index (χ4n) is 2.65. The zero-order chi connectivity index (χ0) is 14.9. The number of nitrogens with zero attached hydrogens (tertiary/aromatic N) is 2. The van der Waals surface area contributed by atoms with Crippen LogP contribution in [0, 0.1) is 0 Å². The summed E-state index contributed by atoms with van der Waals surface area (Å²) < 4.78 is 0. The number of ketones is 1. The monoisotopic (exact) mass is 289 g/mol. The van der Waals surface area contributed by atoms with E-state index in [2.05, 4.69) is 21.3 Å². The number of likely N-dealkylation sites (tertiary alicyclic amines) is 1. The van der Waals surface area contributed by atoms with Gasteiger partial charge < -0.3 is 5.32 Å². The molecule has 0 aliphatic carbocycles. The third-order valence-electron chi connectivity index (χ3n) is 3.78. The molecule has 1 N–H and O–H groups in total. The van der Waals surface area contributed by atoms with Crippen LogP contribution in [0.25, 0.3) is 0 Å². The van der Waals surface area contributed by atoms with Gasteiger partial charge in [0.2, 0.25) is 6.41 Å². The number of nitrogens with one attached hydrogen (secondary N) is 1. The smallest absolute Gasteiger partial charge is 0.207 e. The van der Waals surface area contributed by atoms with Crippen molar-refractivity contribution in [3.05, 3.63) is 29.6 Å². The summed E-state index contributed by atoms with van der Waals surface area (Å²) in [6.07, 6.45) is 7.34. The average Bonchev–Trinajstić information content (AvgIpc) is 2.52. The molecule has 114 valence electrons. The molecule has 0 radical (unpaired) electrons. The number of carbonyl (C=O) groups is 2. The van der Waals surface area contributed by atoms with Gasteiger partial charge in [-0.05, 0) is 50.0 Å². The number of hydrogen-bond donors (Lipinski definition) is 1. The zero-order valence-corrected chi connectivity index (χ0v) is 12.4. The van der Waals surface area contributed by atoms with E-state index < -0.39 is 0 Å². The first-order chi connectivity index (χ1) is 10.3. The van der Waals surface area contributed by atoms with Crippen molar-refractivity contribution < 1.29 is 9.59 Å². The van der Waals surface area contributed by atoms with Gasteiger partial charge in [0, 0.05) is 24.9 Å². The fraction of sp³-hybridized carbons (Fsp3) is 0.562. The molecule has 21 heavy (non-hydrogen) atoms. The normalized spacial score (nSPS) is 15.6. The molecule has 1 saturated heterocycles. The van der Waals surface area contributed by atoms with Gasteiger partial charge in [0.15, 0.2) is 5.78 Å². The highest BCUT2D eigenvalue weighted by molar-refractivity contribution is 5.82. The summed E-state index contributed by atoms with van der Waals surface area (Å²) in [6, 6.07) is 4.14. The van der Waals surface area contributed by atoms with Gasteiger partial charge in [-0.15, -0.1) is 0 Å². The van der Waals surface area contributed by atoms with Crippen LogP contribution in [0.3, 0.4) is 0 Å². The highest BCUT2D eigenvalue weighted by Gasteiger charge is 2.11. The highest BCUT2D eigenvalue weighted by Crippen LogP contribution is 2.13. The second-order valence-corrected chi connectivity index (χ2v) is 5.53. The van der Waals surface area contributed by atoms with Crippen molar-refractivity contribution in [3.8, 4) is 0 Å². The number of aryl methyl sites for hydroxylation is 1. The lowest BCUT2D eigenvalue weighted by Crippen LogP contribution is -2.29. The molecular formula is C16H23N3O2. The van der Waals surface area contributed by atoms with Crippen molar-refractivity contribution in [2.24, 2.45) is 0 Å². The van der Waals surface area contributed by atoms with Crippen LogP contribution in [-0.2, 0) is 22.6 Å². The van der Waals surface area contributed by atoms with Crippen molar-refractivity contribution in [1.29, 1.82) is 0 Å². The maximum atomic E-state index is 11.5. The topological polar surface area (TPSA) is 62.3 Å². The number of rotatable bonds is 8. The van der Waals surface area contributed by atoms with Gasteiger partial charge in [-0.2, -0.15) is 0 Å². The quantitative estimate of drug-likeness (QED) is 0.733. The molecule has 1 aromatic rings. The van der Waals surface area contributed by atoms with Gasteiger partial charge >= 0.3 is 0 Å². The number of amides is 1. The zero-order valence-electron chi connectivity index (χ0n) is 12.4. The lowest BCUT2D eigenvalue weighted by atomic mass is 10.1. The van der Waals surface area contributed by atoms with Crippen molar-refractivity contribution >= 4 is 12.2 Å². The van der Waals surface area contributed by atoms with Crippen LogP contribution in [0.15, 0.2) is 18.3 Å². The third kappa shape index (κ3) is 5.63. The van der Waals surface area contributed by atoms with Gasteiger partial charge in [-0.25, -0.2) is 0 Å². The number of aromatic nitrogens is 1. The Morgan fingerprint density at radius 3 is 2.90 bits per heavy atom. The van der Waals surface area contributed by atoms with E-state index in [0.29, 0.717) is 19.3 Å². The minimum Gasteiger partial charge on any atom is -0.352 e. The second-order valence-electron chi connectivity index (χ2n) is 5.53. The van der Waals surface area contributed by atoms with Crippen molar-refractivity contribution in [1.82, 2.24) is 15.2 Å². The standard InChI is InChI=1S/C16H23N3O2/c20-13-17-11-16(21)5-4-15-10-14(6-7-18-15)12-19-8-2-1-3-9-19/h6-7,10,13H,1-5,8-9,11-12H2,(H,17,20). The molecule has 5 nitrogen and oxygen atoms in total. The van der Waals surface area contributed by atoms with Crippen LogP contribution in [0.2, 0.25) is 0 Å². The van der Waals surface area contributed by atoms with E-state index in [9.17, 15) is 9.59 Å². The molecule has 0 spiro atoms. The van der Waals surface area contributed by atoms with Crippen molar-refractivity contribution in [2.75, 3.05) is 19.6 Å². The fourth-order valence-corrected chi connectivity index (χ4v) is 2.65. The lowest BCUT2D eigenvalue weighted by Gasteiger charge is -2.26. The summed E-state index contributed by atoms with van der Waals surface area (Å²) in [5.74, 6) is 0.0327. The Morgan fingerprint density at radius 2 is 2.14 bits per heavy atom. The molecule has 1 aliphatic rings. The number of hydrogen-bond acceptors (Lipinski definition) is 4.